The molecule has 3 aliphatic rings. The van der Waals surface area contributed by atoms with Crippen molar-refractivity contribution in [3.8, 4) is 0 Å². The quantitative estimate of drug-likeness (QED) is 0.826. The molecule has 6 nitrogen and oxygen atoms in total. The number of amides is 1. The van der Waals surface area contributed by atoms with Gasteiger partial charge in [0.05, 0.1) is 24.3 Å². The first-order valence-corrected chi connectivity index (χ1v) is 9.56. The topological polar surface area (TPSA) is 49.2 Å². The third-order valence-corrected chi connectivity index (χ3v) is 5.88. The van der Waals surface area contributed by atoms with Gasteiger partial charge in [-0.15, -0.1) is 0 Å². The summed E-state index contributed by atoms with van der Waals surface area (Å²) in [7, 11) is 0. The number of aryl methyl sites for hydroxylation is 2. The van der Waals surface area contributed by atoms with Crippen LogP contribution in [0.4, 0.5) is 0 Å². The maximum absolute atomic E-state index is 12.9. The van der Waals surface area contributed by atoms with E-state index < -0.39 is 0 Å². The van der Waals surface area contributed by atoms with Gasteiger partial charge in [0.15, 0.2) is 0 Å². The van der Waals surface area contributed by atoms with E-state index in [1.165, 1.54) is 25.9 Å². The lowest BCUT2D eigenvalue weighted by molar-refractivity contribution is -0.0487. The van der Waals surface area contributed by atoms with Crippen molar-refractivity contribution in [2.24, 2.45) is 0 Å². The number of nitrogens with zero attached hydrogens (tertiary/aromatic N) is 3. The van der Waals surface area contributed by atoms with Crippen molar-refractivity contribution < 1.29 is 13.9 Å². The van der Waals surface area contributed by atoms with Crippen molar-refractivity contribution in [3.63, 3.8) is 0 Å². The smallest absolute Gasteiger partial charge is 0.257 e. The van der Waals surface area contributed by atoms with Crippen molar-refractivity contribution in [2.75, 3.05) is 52.4 Å². The van der Waals surface area contributed by atoms with Crippen LogP contribution in [0.2, 0.25) is 0 Å². The lowest BCUT2D eigenvalue weighted by Gasteiger charge is -2.37. The summed E-state index contributed by atoms with van der Waals surface area (Å²) in [4.78, 5) is 19.9. The van der Waals surface area contributed by atoms with E-state index in [4.69, 9.17) is 9.15 Å². The fourth-order valence-corrected chi connectivity index (χ4v) is 4.49. The minimum Gasteiger partial charge on any atom is -0.466 e. The van der Waals surface area contributed by atoms with Crippen LogP contribution in [0.25, 0.3) is 0 Å². The zero-order valence-electron chi connectivity index (χ0n) is 15.4. The molecule has 1 aromatic heterocycles. The highest BCUT2D eigenvalue weighted by Crippen LogP contribution is 2.26. The molecule has 0 aromatic carbocycles. The Hall–Kier alpha value is -1.37. The summed E-state index contributed by atoms with van der Waals surface area (Å²) in [5, 5.41) is 0. The largest absolute Gasteiger partial charge is 0.466 e. The minimum absolute atomic E-state index is 0.0758. The molecule has 3 aliphatic heterocycles. The first kappa shape index (κ1) is 17.1. The Morgan fingerprint density at radius 3 is 2.68 bits per heavy atom. The zero-order valence-corrected chi connectivity index (χ0v) is 15.4. The molecule has 0 N–H and O–H groups in total. The Kier molecular flexibility index (Phi) is 4.84. The van der Waals surface area contributed by atoms with Crippen molar-refractivity contribution in [2.45, 2.75) is 38.8 Å². The third kappa shape index (κ3) is 3.48. The average Bonchev–Trinajstić information content (AvgIpc) is 3.31. The molecule has 0 aliphatic carbocycles. The van der Waals surface area contributed by atoms with Crippen molar-refractivity contribution in [1.82, 2.24) is 14.7 Å². The number of fused-ring (bicyclic) bond motifs is 1. The van der Waals surface area contributed by atoms with Gasteiger partial charge < -0.3 is 19.0 Å². The van der Waals surface area contributed by atoms with E-state index in [9.17, 15) is 4.79 Å². The molecule has 0 unspecified atom stereocenters. The standard InChI is InChI=1S/C19H29N3O3/c1-14-11-16(15(2)25-14)19(23)22-12-17-18(13-22)24-10-9-21(17)8-7-20-5-3-4-6-20/h11,17-18H,3-10,12-13H2,1-2H3/t17-,18-/m0/s1. The number of ether oxygens (including phenoxy) is 1. The van der Waals surface area contributed by atoms with Gasteiger partial charge in [0, 0.05) is 32.7 Å². The molecule has 1 amide bonds. The lowest BCUT2D eigenvalue weighted by Crippen LogP contribution is -2.52. The molecule has 6 heteroatoms. The number of carbonyl (C=O) groups excluding carboxylic acids is 1. The Morgan fingerprint density at radius 2 is 1.96 bits per heavy atom. The highest BCUT2D eigenvalue weighted by molar-refractivity contribution is 5.95. The number of likely N-dealkylation sites (tertiary alicyclic amines) is 2. The first-order chi connectivity index (χ1) is 12.1. The fraction of sp³-hybridized carbons (Fsp3) is 0.737. The number of carbonyl (C=O) groups is 1. The molecule has 0 saturated carbocycles. The van der Waals surface area contributed by atoms with Gasteiger partial charge >= 0.3 is 0 Å². The number of hydrogen-bond donors (Lipinski definition) is 0. The maximum atomic E-state index is 12.9. The van der Waals surface area contributed by atoms with Crippen LogP contribution in [0.15, 0.2) is 10.5 Å². The van der Waals surface area contributed by atoms with E-state index in [-0.39, 0.29) is 12.0 Å². The summed E-state index contributed by atoms with van der Waals surface area (Å²) in [5.41, 5.74) is 0.694. The second-order valence-corrected chi connectivity index (χ2v) is 7.60. The molecule has 4 heterocycles. The molecule has 0 spiro atoms. The highest BCUT2D eigenvalue weighted by atomic mass is 16.5. The van der Waals surface area contributed by atoms with Crippen LogP contribution in [-0.4, -0.2) is 85.2 Å². The van der Waals surface area contributed by atoms with E-state index in [2.05, 4.69) is 9.80 Å². The summed E-state index contributed by atoms with van der Waals surface area (Å²) >= 11 is 0. The second-order valence-electron chi connectivity index (χ2n) is 7.60. The molecule has 25 heavy (non-hydrogen) atoms. The number of rotatable bonds is 4. The van der Waals surface area contributed by atoms with Crippen LogP contribution >= 0.6 is 0 Å². The van der Waals surface area contributed by atoms with Crippen LogP contribution < -0.4 is 0 Å². The van der Waals surface area contributed by atoms with E-state index in [0.29, 0.717) is 23.9 Å². The van der Waals surface area contributed by atoms with Gasteiger partial charge in [-0.05, 0) is 45.8 Å². The Labute approximate surface area is 149 Å². The van der Waals surface area contributed by atoms with Gasteiger partial charge in [-0.2, -0.15) is 0 Å². The van der Waals surface area contributed by atoms with E-state index in [1.54, 1.807) is 0 Å². The molecule has 0 radical (unpaired) electrons. The van der Waals surface area contributed by atoms with Crippen LogP contribution in [0.5, 0.6) is 0 Å². The third-order valence-electron chi connectivity index (χ3n) is 5.88. The number of morpholine rings is 1. The maximum Gasteiger partial charge on any atom is 0.257 e. The molecular formula is C19H29N3O3. The Balaban J connectivity index is 1.39. The van der Waals surface area contributed by atoms with Gasteiger partial charge in [-0.3, -0.25) is 9.69 Å². The fourth-order valence-electron chi connectivity index (χ4n) is 4.49. The summed E-state index contributed by atoms with van der Waals surface area (Å²) in [5.74, 6) is 1.58. The van der Waals surface area contributed by atoms with Gasteiger partial charge in [0.25, 0.3) is 5.91 Å². The van der Waals surface area contributed by atoms with Crippen molar-refractivity contribution in [3.05, 3.63) is 23.2 Å². The molecule has 2 atom stereocenters. The Bertz CT molecular complexity index is 623. The molecule has 0 bridgehead atoms. The first-order valence-electron chi connectivity index (χ1n) is 9.56. The van der Waals surface area contributed by atoms with E-state index in [1.807, 2.05) is 24.8 Å². The minimum atomic E-state index is 0.0758. The predicted molar refractivity (Wildman–Crippen MR) is 94.9 cm³/mol. The summed E-state index contributed by atoms with van der Waals surface area (Å²) in [6, 6.07) is 2.18. The molecule has 4 rings (SSSR count). The predicted octanol–water partition coefficient (Wildman–Crippen LogP) is 1.52. The van der Waals surface area contributed by atoms with Crippen LogP contribution in [0.3, 0.4) is 0 Å². The molecule has 3 saturated heterocycles. The number of hydrogen-bond acceptors (Lipinski definition) is 5. The van der Waals surface area contributed by atoms with Crippen molar-refractivity contribution in [1.29, 1.82) is 0 Å². The SMILES string of the molecule is Cc1cc(C(=O)N2C[C@@H]3OCCN(CCN4CCCC4)[C@H]3C2)c(C)o1. The molecular weight excluding hydrogens is 318 g/mol. The second kappa shape index (κ2) is 7.09. The van der Waals surface area contributed by atoms with Gasteiger partial charge in [-0.25, -0.2) is 0 Å². The van der Waals surface area contributed by atoms with Gasteiger partial charge in [0.2, 0.25) is 0 Å². The van der Waals surface area contributed by atoms with Gasteiger partial charge in [0.1, 0.15) is 11.5 Å². The molecule has 3 fully saturated rings. The zero-order chi connectivity index (χ0) is 17.4. The van der Waals surface area contributed by atoms with E-state index >= 15 is 0 Å². The van der Waals surface area contributed by atoms with Crippen LogP contribution in [0.1, 0.15) is 34.7 Å². The van der Waals surface area contributed by atoms with Crippen molar-refractivity contribution >= 4 is 5.91 Å². The lowest BCUT2D eigenvalue weighted by atomic mass is 10.1. The average molecular weight is 347 g/mol. The number of furan rings is 1. The normalized spacial score (nSPS) is 27.8. The summed E-state index contributed by atoms with van der Waals surface area (Å²) in [6.45, 7) is 11.6. The van der Waals surface area contributed by atoms with Gasteiger partial charge in [-0.1, -0.05) is 0 Å². The van der Waals surface area contributed by atoms with E-state index in [0.717, 1.165) is 38.5 Å². The highest BCUT2D eigenvalue weighted by Gasteiger charge is 2.42. The monoisotopic (exact) mass is 347 g/mol. The molecule has 1 aromatic rings. The van der Waals surface area contributed by atoms with Crippen LogP contribution in [-0.2, 0) is 4.74 Å². The Morgan fingerprint density at radius 1 is 1.16 bits per heavy atom. The molecule has 138 valence electrons. The summed E-state index contributed by atoms with van der Waals surface area (Å²) < 4.78 is 11.5. The van der Waals surface area contributed by atoms with Crippen LogP contribution in [0, 0.1) is 13.8 Å². The summed E-state index contributed by atoms with van der Waals surface area (Å²) in [6.07, 6.45) is 2.81.